The van der Waals surface area contributed by atoms with Gasteiger partial charge in [-0.3, -0.25) is 9.78 Å². The Hall–Kier alpha value is -1.62. The standard InChI is InChI=1S/C15H22N2O3/c1-11-7-8-14(13(9-18)16-11)20-10-15(19)17-12-5-3-2-4-6-12/h7-8,12,18H,2-6,9-10H2,1H3,(H,17,19). The molecule has 1 heterocycles. The Balaban J connectivity index is 1.83. The molecule has 0 radical (unpaired) electrons. The Kier molecular flexibility index (Phi) is 5.35. The van der Waals surface area contributed by atoms with E-state index in [1.807, 2.05) is 6.92 Å². The summed E-state index contributed by atoms with van der Waals surface area (Å²) >= 11 is 0. The fraction of sp³-hybridized carbons (Fsp3) is 0.600. The molecule has 5 nitrogen and oxygen atoms in total. The number of nitrogens with one attached hydrogen (secondary N) is 1. The average Bonchev–Trinajstić information content (AvgIpc) is 2.47. The summed E-state index contributed by atoms with van der Waals surface area (Å²) < 4.78 is 5.45. The number of aliphatic hydroxyl groups is 1. The minimum absolute atomic E-state index is 0.0335. The number of hydrogen-bond donors (Lipinski definition) is 2. The van der Waals surface area contributed by atoms with Gasteiger partial charge in [-0.15, -0.1) is 0 Å². The second-order valence-electron chi connectivity index (χ2n) is 5.25. The molecule has 0 unspecified atom stereocenters. The number of aromatic nitrogens is 1. The number of carbonyl (C=O) groups is 1. The summed E-state index contributed by atoms with van der Waals surface area (Å²) in [6.45, 7) is 1.62. The van der Waals surface area contributed by atoms with Gasteiger partial charge in [0.2, 0.25) is 0 Å². The Bertz CT molecular complexity index is 456. The largest absolute Gasteiger partial charge is 0.482 e. The van der Waals surface area contributed by atoms with Crippen molar-refractivity contribution in [2.45, 2.75) is 51.7 Å². The van der Waals surface area contributed by atoms with Crippen molar-refractivity contribution >= 4 is 5.91 Å². The lowest BCUT2D eigenvalue weighted by Crippen LogP contribution is -2.39. The summed E-state index contributed by atoms with van der Waals surface area (Å²) in [7, 11) is 0. The van der Waals surface area contributed by atoms with Crippen LogP contribution in [0, 0.1) is 6.92 Å². The molecule has 1 fully saturated rings. The fourth-order valence-corrected chi connectivity index (χ4v) is 2.50. The van der Waals surface area contributed by atoms with Crippen molar-refractivity contribution in [1.82, 2.24) is 10.3 Å². The molecule has 0 saturated heterocycles. The van der Waals surface area contributed by atoms with Gasteiger partial charge in [0.05, 0.1) is 6.61 Å². The van der Waals surface area contributed by atoms with Crippen LogP contribution >= 0.6 is 0 Å². The van der Waals surface area contributed by atoms with Crippen LogP contribution in [-0.2, 0) is 11.4 Å². The molecule has 2 N–H and O–H groups in total. The van der Waals surface area contributed by atoms with Crippen molar-refractivity contribution in [1.29, 1.82) is 0 Å². The Morgan fingerprint density at radius 3 is 2.85 bits per heavy atom. The number of rotatable bonds is 5. The van der Waals surface area contributed by atoms with Gasteiger partial charge in [0.25, 0.3) is 5.91 Å². The third kappa shape index (κ3) is 4.20. The maximum atomic E-state index is 11.8. The van der Waals surface area contributed by atoms with Crippen molar-refractivity contribution in [2.75, 3.05) is 6.61 Å². The summed E-state index contributed by atoms with van der Waals surface area (Å²) in [6.07, 6.45) is 5.74. The molecule has 5 heteroatoms. The van der Waals surface area contributed by atoms with Gasteiger partial charge in [-0.25, -0.2) is 0 Å². The maximum absolute atomic E-state index is 11.8. The third-order valence-corrected chi connectivity index (χ3v) is 3.55. The molecule has 0 atom stereocenters. The zero-order valence-electron chi connectivity index (χ0n) is 11.9. The lowest BCUT2D eigenvalue weighted by molar-refractivity contribution is -0.124. The lowest BCUT2D eigenvalue weighted by atomic mass is 9.95. The number of aliphatic hydroxyl groups excluding tert-OH is 1. The van der Waals surface area contributed by atoms with Gasteiger partial charge in [0.1, 0.15) is 11.4 Å². The molecule has 1 aromatic heterocycles. The van der Waals surface area contributed by atoms with E-state index in [9.17, 15) is 9.90 Å². The van der Waals surface area contributed by atoms with Crippen LogP contribution in [0.5, 0.6) is 5.75 Å². The van der Waals surface area contributed by atoms with Crippen molar-refractivity contribution in [3.8, 4) is 5.75 Å². The second kappa shape index (κ2) is 7.24. The number of pyridine rings is 1. The van der Waals surface area contributed by atoms with Gasteiger partial charge in [-0.2, -0.15) is 0 Å². The van der Waals surface area contributed by atoms with Crippen molar-refractivity contribution in [2.24, 2.45) is 0 Å². The Morgan fingerprint density at radius 2 is 2.15 bits per heavy atom. The summed E-state index contributed by atoms with van der Waals surface area (Å²) in [6, 6.07) is 3.82. The van der Waals surface area contributed by atoms with E-state index >= 15 is 0 Å². The topological polar surface area (TPSA) is 71.5 Å². The molecule has 0 bridgehead atoms. The van der Waals surface area contributed by atoms with E-state index in [2.05, 4.69) is 10.3 Å². The molecular weight excluding hydrogens is 256 g/mol. The smallest absolute Gasteiger partial charge is 0.258 e. The van der Waals surface area contributed by atoms with E-state index in [1.54, 1.807) is 12.1 Å². The molecule has 1 saturated carbocycles. The van der Waals surface area contributed by atoms with E-state index in [-0.39, 0.29) is 25.2 Å². The van der Waals surface area contributed by atoms with Gasteiger partial charge in [-0.1, -0.05) is 19.3 Å². The van der Waals surface area contributed by atoms with Gasteiger partial charge in [0.15, 0.2) is 6.61 Å². The summed E-state index contributed by atoms with van der Waals surface area (Å²) in [5, 5.41) is 12.2. The van der Waals surface area contributed by atoms with Crippen LogP contribution < -0.4 is 10.1 Å². The molecule has 110 valence electrons. The van der Waals surface area contributed by atoms with Gasteiger partial charge < -0.3 is 15.2 Å². The monoisotopic (exact) mass is 278 g/mol. The molecule has 20 heavy (non-hydrogen) atoms. The van der Waals surface area contributed by atoms with E-state index in [0.717, 1.165) is 18.5 Å². The summed E-state index contributed by atoms with van der Waals surface area (Å²) in [4.78, 5) is 16.0. The molecule has 1 aliphatic carbocycles. The molecular formula is C15H22N2O3. The van der Waals surface area contributed by atoms with Crippen molar-refractivity contribution in [3.05, 3.63) is 23.5 Å². The highest BCUT2D eigenvalue weighted by atomic mass is 16.5. The minimum atomic E-state index is -0.193. The van der Waals surface area contributed by atoms with E-state index in [0.29, 0.717) is 11.4 Å². The molecule has 0 aromatic carbocycles. The second-order valence-corrected chi connectivity index (χ2v) is 5.25. The molecule has 1 amide bonds. The van der Waals surface area contributed by atoms with Gasteiger partial charge >= 0.3 is 0 Å². The Labute approximate surface area is 119 Å². The number of ether oxygens (including phenoxy) is 1. The quantitative estimate of drug-likeness (QED) is 0.860. The highest BCUT2D eigenvalue weighted by Crippen LogP contribution is 2.18. The van der Waals surface area contributed by atoms with Crippen LogP contribution in [0.1, 0.15) is 43.5 Å². The highest BCUT2D eigenvalue weighted by Gasteiger charge is 2.16. The van der Waals surface area contributed by atoms with Crippen molar-refractivity contribution < 1.29 is 14.6 Å². The maximum Gasteiger partial charge on any atom is 0.258 e. The molecule has 2 rings (SSSR count). The normalized spacial score (nSPS) is 15.9. The number of carbonyl (C=O) groups excluding carboxylic acids is 1. The van der Waals surface area contributed by atoms with Crippen LogP contribution in [0.4, 0.5) is 0 Å². The first kappa shape index (κ1) is 14.8. The molecule has 1 aliphatic rings. The first-order valence-corrected chi connectivity index (χ1v) is 7.18. The molecule has 0 aliphatic heterocycles. The minimum Gasteiger partial charge on any atom is -0.482 e. The van der Waals surface area contributed by atoms with Crippen LogP contribution in [0.15, 0.2) is 12.1 Å². The average molecular weight is 278 g/mol. The SMILES string of the molecule is Cc1ccc(OCC(=O)NC2CCCCC2)c(CO)n1. The van der Waals surface area contributed by atoms with E-state index in [1.165, 1.54) is 19.3 Å². The Morgan fingerprint density at radius 1 is 1.40 bits per heavy atom. The number of nitrogens with zero attached hydrogens (tertiary/aromatic N) is 1. The first-order chi connectivity index (χ1) is 9.69. The highest BCUT2D eigenvalue weighted by molar-refractivity contribution is 5.77. The van der Waals surface area contributed by atoms with Crippen LogP contribution in [0.25, 0.3) is 0 Å². The van der Waals surface area contributed by atoms with E-state index in [4.69, 9.17) is 4.74 Å². The van der Waals surface area contributed by atoms with Gasteiger partial charge in [-0.05, 0) is 31.9 Å². The van der Waals surface area contributed by atoms with Crippen LogP contribution in [-0.4, -0.2) is 28.6 Å². The molecule has 1 aromatic rings. The van der Waals surface area contributed by atoms with Crippen LogP contribution in [0.2, 0.25) is 0 Å². The van der Waals surface area contributed by atoms with Crippen molar-refractivity contribution in [3.63, 3.8) is 0 Å². The summed E-state index contributed by atoms with van der Waals surface area (Å²) in [5.41, 5.74) is 1.28. The number of hydrogen-bond acceptors (Lipinski definition) is 4. The van der Waals surface area contributed by atoms with Crippen LogP contribution in [0.3, 0.4) is 0 Å². The number of aryl methyl sites for hydroxylation is 1. The zero-order chi connectivity index (χ0) is 14.4. The third-order valence-electron chi connectivity index (χ3n) is 3.55. The van der Waals surface area contributed by atoms with E-state index < -0.39 is 0 Å². The number of amides is 1. The fourth-order valence-electron chi connectivity index (χ4n) is 2.50. The van der Waals surface area contributed by atoms with Gasteiger partial charge in [0, 0.05) is 11.7 Å². The zero-order valence-corrected chi connectivity index (χ0v) is 11.9. The predicted octanol–water partition coefficient (Wildman–Crippen LogP) is 1.71. The predicted molar refractivity (Wildman–Crippen MR) is 75.4 cm³/mol. The first-order valence-electron chi connectivity index (χ1n) is 7.18. The lowest BCUT2D eigenvalue weighted by Gasteiger charge is -2.22. The summed E-state index contributed by atoms with van der Waals surface area (Å²) in [5.74, 6) is 0.359. The molecule has 0 spiro atoms.